The molecule has 0 radical (unpaired) electrons. The second-order valence-corrected chi connectivity index (χ2v) is 9.45. The lowest BCUT2D eigenvalue weighted by molar-refractivity contribution is 0.188. The SMILES string of the molecule is COCCn1c(-c2ccc(C(C)C)cc2)nc2c(Br)c(COc3ccccc3CO)cc(OC)c21. The lowest BCUT2D eigenvalue weighted by Gasteiger charge is -2.15. The van der Waals surface area contributed by atoms with E-state index < -0.39 is 0 Å². The maximum absolute atomic E-state index is 9.62. The van der Waals surface area contributed by atoms with Gasteiger partial charge in [-0.3, -0.25) is 0 Å². The minimum Gasteiger partial charge on any atom is -0.494 e. The third-order valence-electron chi connectivity index (χ3n) is 6.10. The molecule has 3 aromatic carbocycles. The monoisotopic (exact) mass is 538 g/mol. The van der Waals surface area contributed by atoms with Crippen molar-refractivity contribution in [2.75, 3.05) is 20.8 Å². The van der Waals surface area contributed by atoms with Crippen LogP contribution in [-0.2, 0) is 24.5 Å². The van der Waals surface area contributed by atoms with E-state index in [9.17, 15) is 5.11 Å². The van der Waals surface area contributed by atoms with Crippen LogP contribution in [0, 0.1) is 0 Å². The molecule has 0 fully saturated rings. The largest absolute Gasteiger partial charge is 0.494 e. The van der Waals surface area contributed by atoms with Gasteiger partial charge in [0.1, 0.15) is 35.0 Å². The Kier molecular flexibility index (Phi) is 8.11. The molecule has 0 aliphatic carbocycles. The van der Waals surface area contributed by atoms with Crippen molar-refractivity contribution in [1.82, 2.24) is 9.55 Å². The molecule has 0 spiro atoms. The molecule has 4 rings (SSSR count). The molecule has 6 nitrogen and oxygen atoms in total. The van der Waals surface area contributed by atoms with Crippen LogP contribution < -0.4 is 9.47 Å². The number of benzene rings is 3. The lowest BCUT2D eigenvalue weighted by Crippen LogP contribution is -2.07. The first-order chi connectivity index (χ1) is 17.0. The molecule has 0 saturated carbocycles. The zero-order chi connectivity index (χ0) is 24.9. The zero-order valence-electron chi connectivity index (χ0n) is 20.5. The Balaban J connectivity index is 1.80. The molecular formula is C28H31BrN2O4. The Hall–Kier alpha value is -2.87. The van der Waals surface area contributed by atoms with Crippen LogP contribution >= 0.6 is 15.9 Å². The topological polar surface area (TPSA) is 65.7 Å². The highest BCUT2D eigenvalue weighted by atomic mass is 79.9. The minimum atomic E-state index is -0.0808. The molecule has 184 valence electrons. The van der Waals surface area contributed by atoms with Gasteiger partial charge in [0, 0.05) is 30.3 Å². The number of fused-ring (bicyclic) bond motifs is 1. The number of aliphatic hydroxyl groups is 1. The van der Waals surface area contributed by atoms with Gasteiger partial charge < -0.3 is 23.9 Å². The lowest BCUT2D eigenvalue weighted by atomic mass is 10.0. The first-order valence-corrected chi connectivity index (χ1v) is 12.4. The Morgan fingerprint density at radius 2 is 1.74 bits per heavy atom. The molecule has 1 N–H and O–H groups in total. The number of imidazole rings is 1. The van der Waals surface area contributed by atoms with Crippen molar-refractivity contribution in [3.63, 3.8) is 0 Å². The number of methoxy groups -OCH3 is 2. The van der Waals surface area contributed by atoms with Crippen molar-refractivity contribution in [3.8, 4) is 22.9 Å². The quantitative estimate of drug-likeness (QED) is 0.256. The maximum Gasteiger partial charge on any atom is 0.145 e. The normalized spacial score (nSPS) is 11.4. The molecule has 0 atom stereocenters. The van der Waals surface area contributed by atoms with Gasteiger partial charge in [0.15, 0.2) is 0 Å². The molecule has 0 amide bonds. The van der Waals surface area contributed by atoms with Crippen LogP contribution in [0.2, 0.25) is 0 Å². The van der Waals surface area contributed by atoms with Gasteiger partial charge in [0.2, 0.25) is 0 Å². The van der Waals surface area contributed by atoms with Crippen LogP contribution in [0.1, 0.15) is 36.5 Å². The number of halogens is 1. The van der Waals surface area contributed by atoms with Gasteiger partial charge in [-0.2, -0.15) is 0 Å². The molecular weight excluding hydrogens is 508 g/mol. The van der Waals surface area contributed by atoms with E-state index in [1.54, 1.807) is 14.2 Å². The van der Waals surface area contributed by atoms with Crippen LogP contribution in [-0.4, -0.2) is 35.5 Å². The standard InChI is InChI=1S/C28H31BrN2O4/c1-18(2)19-9-11-20(12-10-19)28-30-26-25(29)22(17-35-23-8-6-5-7-21(23)16-32)15-24(34-4)27(26)31(28)13-14-33-3/h5-12,15,18,32H,13-14,16-17H2,1-4H3. The Bertz CT molecular complexity index is 1300. The molecule has 0 bridgehead atoms. The molecule has 0 aliphatic rings. The number of hydrogen-bond acceptors (Lipinski definition) is 5. The van der Waals surface area contributed by atoms with Gasteiger partial charge >= 0.3 is 0 Å². The molecule has 0 unspecified atom stereocenters. The number of nitrogens with zero attached hydrogens (tertiary/aromatic N) is 2. The van der Waals surface area contributed by atoms with E-state index in [1.807, 2.05) is 30.3 Å². The third-order valence-corrected chi connectivity index (χ3v) is 6.98. The minimum absolute atomic E-state index is 0.0808. The van der Waals surface area contributed by atoms with E-state index in [0.29, 0.717) is 37.2 Å². The first kappa shape index (κ1) is 25.2. The predicted octanol–water partition coefficient (Wildman–Crippen LogP) is 6.32. The second kappa shape index (κ2) is 11.2. The number of para-hydroxylation sites is 1. The highest BCUT2D eigenvalue weighted by molar-refractivity contribution is 9.10. The average molecular weight is 539 g/mol. The highest BCUT2D eigenvalue weighted by Gasteiger charge is 2.21. The van der Waals surface area contributed by atoms with Gasteiger partial charge in [-0.25, -0.2) is 4.98 Å². The van der Waals surface area contributed by atoms with E-state index in [4.69, 9.17) is 19.2 Å². The van der Waals surface area contributed by atoms with Crippen LogP contribution in [0.15, 0.2) is 59.1 Å². The highest BCUT2D eigenvalue weighted by Crippen LogP contribution is 2.38. The Morgan fingerprint density at radius 1 is 1.00 bits per heavy atom. The van der Waals surface area contributed by atoms with Crippen molar-refractivity contribution < 1.29 is 19.3 Å². The molecule has 7 heteroatoms. The van der Waals surface area contributed by atoms with Gasteiger partial charge in [-0.15, -0.1) is 0 Å². The van der Waals surface area contributed by atoms with E-state index in [1.165, 1.54) is 5.56 Å². The summed E-state index contributed by atoms with van der Waals surface area (Å²) in [5.74, 6) is 2.68. The number of hydrogen-bond donors (Lipinski definition) is 1. The molecule has 0 saturated heterocycles. The summed E-state index contributed by atoms with van der Waals surface area (Å²) in [6.45, 7) is 5.78. The molecule has 4 aromatic rings. The number of ether oxygens (including phenoxy) is 3. The third kappa shape index (κ3) is 5.22. The van der Waals surface area contributed by atoms with Crippen LogP contribution in [0.3, 0.4) is 0 Å². The van der Waals surface area contributed by atoms with Crippen molar-refractivity contribution in [2.45, 2.75) is 39.5 Å². The average Bonchev–Trinajstić information content (AvgIpc) is 3.27. The summed E-state index contributed by atoms with van der Waals surface area (Å²) < 4.78 is 20.3. The summed E-state index contributed by atoms with van der Waals surface area (Å²) in [6.07, 6.45) is 0. The Morgan fingerprint density at radius 3 is 2.40 bits per heavy atom. The molecule has 0 aliphatic heterocycles. The molecule has 1 aromatic heterocycles. The van der Waals surface area contributed by atoms with Crippen molar-refractivity contribution in [1.29, 1.82) is 0 Å². The summed E-state index contributed by atoms with van der Waals surface area (Å²) in [6, 6.07) is 18.0. The van der Waals surface area contributed by atoms with Crippen molar-refractivity contribution >= 4 is 27.0 Å². The van der Waals surface area contributed by atoms with Gasteiger partial charge in [-0.05, 0) is 39.5 Å². The van der Waals surface area contributed by atoms with Gasteiger partial charge in [0.25, 0.3) is 0 Å². The summed E-state index contributed by atoms with van der Waals surface area (Å²) in [4.78, 5) is 5.05. The van der Waals surface area contributed by atoms with Crippen molar-refractivity contribution in [2.24, 2.45) is 0 Å². The fourth-order valence-electron chi connectivity index (χ4n) is 4.13. The summed E-state index contributed by atoms with van der Waals surface area (Å²) in [5, 5.41) is 9.62. The first-order valence-electron chi connectivity index (χ1n) is 11.6. The van der Waals surface area contributed by atoms with Crippen LogP contribution in [0.25, 0.3) is 22.4 Å². The summed E-state index contributed by atoms with van der Waals surface area (Å²) >= 11 is 3.78. The van der Waals surface area contributed by atoms with E-state index in [2.05, 4.69) is 58.6 Å². The number of rotatable bonds is 10. The number of aliphatic hydroxyl groups excluding tert-OH is 1. The summed E-state index contributed by atoms with van der Waals surface area (Å²) in [7, 11) is 3.36. The molecule has 1 heterocycles. The second-order valence-electron chi connectivity index (χ2n) is 8.66. The summed E-state index contributed by atoms with van der Waals surface area (Å²) in [5.41, 5.74) is 5.67. The smallest absolute Gasteiger partial charge is 0.145 e. The zero-order valence-corrected chi connectivity index (χ0v) is 22.1. The van der Waals surface area contributed by atoms with E-state index >= 15 is 0 Å². The molecule has 35 heavy (non-hydrogen) atoms. The fraction of sp³-hybridized carbons (Fsp3) is 0.321. The Labute approximate surface area is 214 Å². The van der Waals surface area contributed by atoms with Crippen LogP contribution in [0.5, 0.6) is 11.5 Å². The fourth-order valence-corrected chi connectivity index (χ4v) is 4.63. The maximum atomic E-state index is 9.62. The van der Waals surface area contributed by atoms with Crippen molar-refractivity contribution in [3.05, 3.63) is 75.8 Å². The number of aromatic nitrogens is 2. The van der Waals surface area contributed by atoms with Gasteiger partial charge in [-0.1, -0.05) is 56.3 Å². The van der Waals surface area contributed by atoms with E-state index in [-0.39, 0.29) is 6.61 Å². The predicted molar refractivity (Wildman–Crippen MR) is 142 cm³/mol. The van der Waals surface area contributed by atoms with Gasteiger partial charge in [0.05, 0.1) is 24.8 Å². The van der Waals surface area contributed by atoms with E-state index in [0.717, 1.165) is 38.0 Å². The van der Waals surface area contributed by atoms with Crippen LogP contribution in [0.4, 0.5) is 0 Å².